The molecule has 1 N–H and O–H groups in total. The van der Waals surface area contributed by atoms with E-state index in [2.05, 4.69) is 61.5 Å². The average molecular weight is 280 g/mol. The fourth-order valence-electron chi connectivity index (χ4n) is 3.49. The third-order valence-corrected chi connectivity index (χ3v) is 4.98. The molecule has 1 nitrogen and oxygen atoms in total. The average Bonchev–Trinajstić information content (AvgIpc) is 2.56. The molecule has 0 heterocycles. The first-order valence-electron chi connectivity index (χ1n) is 8.08. The normalized spacial score (nSPS) is 25.7. The van der Waals surface area contributed by atoms with Crippen molar-refractivity contribution in [2.75, 3.05) is 0 Å². The van der Waals surface area contributed by atoms with Crippen molar-refractivity contribution >= 4 is 0 Å². The zero-order valence-corrected chi connectivity index (χ0v) is 12.8. The summed E-state index contributed by atoms with van der Waals surface area (Å²) < 4.78 is 0. The number of rotatable bonds is 3. The molecule has 0 saturated heterocycles. The summed E-state index contributed by atoms with van der Waals surface area (Å²) in [5.74, 6) is 0.599. The smallest absolute Gasteiger partial charge is 0.0897 e. The molecule has 1 heteroatoms. The number of aliphatic hydroxyl groups is 1. The number of benzene rings is 2. The molecule has 0 atom stereocenters. The first kappa shape index (κ1) is 14.3. The minimum atomic E-state index is -0.627. The minimum Gasteiger partial charge on any atom is -0.385 e. The standard InChI is InChI=1S/C20H24O/c1-2-16-8-10-19(11-9-16)20(21)14-12-18(13-15-20)17-6-4-3-5-7-17/h3-11,18,21H,2,12-15H2,1H3. The molecule has 0 bridgehead atoms. The fraction of sp³-hybridized carbons (Fsp3) is 0.400. The van der Waals surface area contributed by atoms with Crippen LogP contribution in [0.3, 0.4) is 0 Å². The van der Waals surface area contributed by atoms with E-state index >= 15 is 0 Å². The molecule has 1 aliphatic rings. The van der Waals surface area contributed by atoms with Crippen molar-refractivity contribution < 1.29 is 5.11 Å². The SMILES string of the molecule is CCc1ccc(C2(O)CCC(c3ccccc3)CC2)cc1. The molecule has 110 valence electrons. The Hall–Kier alpha value is -1.60. The maximum absolute atomic E-state index is 11.0. The summed E-state index contributed by atoms with van der Waals surface area (Å²) in [6.45, 7) is 2.16. The maximum atomic E-state index is 11.0. The molecule has 0 radical (unpaired) electrons. The lowest BCUT2D eigenvalue weighted by molar-refractivity contribution is -0.00567. The van der Waals surface area contributed by atoms with Gasteiger partial charge in [0.05, 0.1) is 5.60 Å². The van der Waals surface area contributed by atoms with Gasteiger partial charge in [-0.15, -0.1) is 0 Å². The molecule has 21 heavy (non-hydrogen) atoms. The van der Waals surface area contributed by atoms with Crippen LogP contribution in [0.15, 0.2) is 54.6 Å². The lowest BCUT2D eigenvalue weighted by Gasteiger charge is -2.36. The second kappa shape index (κ2) is 6.03. The van der Waals surface area contributed by atoms with E-state index < -0.39 is 5.60 Å². The number of hydrogen-bond donors (Lipinski definition) is 1. The van der Waals surface area contributed by atoms with E-state index in [4.69, 9.17) is 0 Å². The van der Waals surface area contributed by atoms with E-state index in [1.54, 1.807) is 0 Å². The summed E-state index contributed by atoms with van der Waals surface area (Å²) in [5.41, 5.74) is 3.21. The predicted molar refractivity (Wildman–Crippen MR) is 87.4 cm³/mol. The van der Waals surface area contributed by atoms with Crippen LogP contribution in [0.5, 0.6) is 0 Å². The van der Waals surface area contributed by atoms with Gasteiger partial charge in [0.2, 0.25) is 0 Å². The van der Waals surface area contributed by atoms with Gasteiger partial charge in [-0.25, -0.2) is 0 Å². The highest BCUT2D eigenvalue weighted by atomic mass is 16.3. The zero-order chi connectivity index (χ0) is 14.7. The monoisotopic (exact) mass is 280 g/mol. The van der Waals surface area contributed by atoms with Crippen molar-refractivity contribution in [1.82, 2.24) is 0 Å². The summed E-state index contributed by atoms with van der Waals surface area (Å²) in [7, 11) is 0. The molecule has 0 aliphatic heterocycles. The van der Waals surface area contributed by atoms with Gasteiger partial charge in [-0.3, -0.25) is 0 Å². The summed E-state index contributed by atoms with van der Waals surface area (Å²) >= 11 is 0. The van der Waals surface area contributed by atoms with E-state index in [9.17, 15) is 5.11 Å². The van der Waals surface area contributed by atoms with Gasteiger partial charge in [-0.2, -0.15) is 0 Å². The molecule has 1 saturated carbocycles. The topological polar surface area (TPSA) is 20.2 Å². The van der Waals surface area contributed by atoms with E-state index in [-0.39, 0.29) is 0 Å². The van der Waals surface area contributed by atoms with Crippen molar-refractivity contribution in [3.63, 3.8) is 0 Å². The summed E-state index contributed by atoms with van der Waals surface area (Å²) in [5, 5.41) is 11.0. The van der Waals surface area contributed by atoms with Crippen LogP contribution in [0.1, 0.15) is 55.2 Å². The molecule has 0 unspecified atom stereocenters. The second-order valence-electron chi connectivity index (χ2n) is 6.27. The summed E-state index contributed by atoms with van der Waals surface area (Å²) in [6.07, 6.45) is 4.90. The Morgan fingerprint density at radius 3 is 2.14 bits per heavy atom. The highest BCUT2D eigenvalue weighted by Crippen LogP contribution is 2.43. The Morgan fingerprint density at radius 2 is 1.57 bits per heavy atom. The minimum absolute atomic E-state index is 0.599. The maximum Gasteiger partial charge on any atom is 0.0897 e. The largest absolute Gasteiger partial charge is 0.385 e. The van der Waals surface area contributed by atoms with Crippen LogP contribution in [0.4, 0.5) is 0 Å². The molecule has 0 amide bonds. The quantitative estimate of drug-likeness (QED) is 0.856. The molecular weight excluding hydrogens is 256 g/mol. The van der Waals surface area contributed by atoms with Crippen LogP contribution in [0, 0.1) is 0 Å². The second-order valence-corrected chi connectivity index (χ2v) is 6.27. The predicted octanol–water partition coefficient (Wildman–Crippen LogP) is 4.79. The van der Waals surface area contributed by atoms with Gasteiger partial charge in [0.15, 0.2) is 0 Å². The van der Waals surface area contributed by atoms with Crippen molar-refractivity contribution in [3.8, 4) is 0 Å². The Morgan fingerprint density at radius 1 is 0.952 bits per heavy atom. The van der Waals surface area contributed by atoms with Crippen molar-refractivity contribution in [2.24, 2.45) is 0 Å². The van der Waals surface area contributed by atoms with E-state index in [1.807, 2.05) is 0 Å². The third kappa shape index (κ3) is 3.03. The first-order valence-corrected chi connectivity index (χ1v) is 8.08. The van der Waals surface area contributed by atoms with Gasteiger partial charge in [0.25, 0.3) is 0 Å². The molecular formula is C20H24O. The first-order chi connectivity index (χ1) is 10.2. The van der Waals surface area contributed by atoms with Crippen LogP contribution in [-0.4, -0.2) is 5.11 Å². The van der Waals surface area contributed by atoms with Gasteiger partial charge in [-0.05, 0) is 54.7 Å². The fourth-order valence-corrected chi connectivity index (χ4v) is 3.49. The lowest BCUT2D eigenvalue weighted by atomic mass is 9.73. The molecule has 1 aliphatic carbocycles. The van der Waals surface area contributed by atoms with E-state index in [0.717, 1.165) is 37.7 Å². The Labute approximate surface area is 127 Å². The Kier molecular flexibility index (Phi) is 4.12. The van der Waals surface area contributed by atoms with Gasteiger partial charge in [0, 0.05) is 0 Å². The summed E-state index contributed by atoms with van der Waals surface area (Å²) in [4.78, 5) is 0. The van der Waals surface area contributed by atoms with Gasteiger partial charge >= 0.3 is 0 Å². The van der Waals surface area contributed by atoms with Crippen LogP contribution in [0.2, 0.25) is 0 Å². The highest BCUT2D eigenvalue weighted by Gasteiger charge is 2.35. The number of aryl methyl sites for hydroxylation is 1. The molecule has 3 rings (SSSR count). The van der Waals surface area contributed by atoms with E-state index in [1.165, 1.54) is 11.1 Å². The highest BCUT2D eigenvalue weighted by molar-refractivity contribution is 5.29. The van der Waals surface area contributed by atoms with Gasteiger partial charge < -0.3 is 5.11 Å². The Balaban J connectivity index is 1.71. The molecule has 2 aromatic rings. The summed E-state index contributed by atoms with van der Waals surface area (Å²) in [6, 6.07) is 19.2. The van der Waals surface area contributed by atoms with Crippen molar-refractivity contribution in [1.29, 1.82) is 0 Å². The third-order valence-electron chi connectivity index (χ3n) is 4.98. The van der Waals surface area contributed by atoms with Gasteiger partial charge in [0.1, 0.15) is 0 Å². The molecule has 0 spiro atoms. The molecule has 2 aromatic carbocycles. The van der Waals surface area contributed by atoms with Crippen LogP contribution in [-0.2, 0) is 12.0 Å². The zero-order valence-electron chi connectivity index (χ0n) is 12.8. The van der Waals surface area contributed by atoms with Crippen molar-refractivity contribution in [2.45, 2.75) is 50.5 Å². The van der Waals surface area contributed by atoms with Crippen LogP contribution >= 0.6 is 0 Å². The Bertz CT molecular complexity index is 563. The molecule has 0 aromatic heterocycles. The van der Waals surface area contributed by atoms with Crippen LogP contribution < -0.4 is 0 Å². The van der Waals surface area contributed by atoms with E-state index in [0.29, 0.717) is 5.92 Å². The molecule has 1 fully saturated rings. The van der Waals surface area contributed by atoms with Gasteiger partial charge in [-0.1, -0.05) is 61.5 Å². The lowest BCUT2D eigenvalue weighted by Crippen LogP contribution is -2.30. The number of hydrogen-bond acceptors (Lipinski definition) is 1. The van der Waals surface area contributed by atoms with Crippen molar-refractivity contribution in [3.05, 3.63) is 71.3 Å². The van der Waals surface area contributed by atoms with Crippen LogP contribution in [0.25, 0.3) is 0 Å².